The van der Waals surface area contributed by atoms with E-state index in [4.69, 9.17) is 12.2 Å². The largest absolute Gasteiger partial charge is 0.330 e. The third-order valence-corrected chi connectivity index (χ3v) is 4.07. The van der Waals surface area contributed by atoms with Gasteiger partial charge in [0.15, 0.2) is 4.77 Å². The van der Waals surface area contributed by atoms with Gasteiger partial charge in [-0.2, -0.15) is 0 Å². The van der Waals surface area contributed by atoms with E-state index in [0.717, 1.165) is 29.9 Å². The van der Waals surface area contributed by atoms with E-state index in [2.05, 4.69) is 9.55 Å². The Kier molecular flexibility index (Phi) is 2.98. The lowest BCUT2D eigenvalue weighted by Gasteiger charge is -2.05. The SMILES string of the molecule is Cc1cc2c(cc1F)[nH]c(=S)n2CCCC1CC1. The van der Waals surface area contributed by atoms with E-state index in [9.17, 15) is 4.39 Å². The van der Waals surface area contributed by atoms with Crippen molar-refractivity contribution in [2.24, 2.45) is 5.92 Å². The van der Waals surface area contributed by atoms with Crippen molar-refractivity contribution in [2.75, 3.05) is 0 Å². The van der Waals surface area contributed by atoms with Crippen molar-refractivity contribution in [2.45, 2.75) is 39.2 Å². The lowest BCUT2D eigenvalue weighted by atomic mass is 10.2. The summed E-state index contributed by atoms with van der Waals surface area (Å²) >= 11 is 5.32. The molecule has 1 aliphatic carbocycles. The molecule has 0 bridgehead atoms. The second kappa shape index (κ2) is 4.50. The van der Waals surface area contributed by atoms with Gasteiger partial charge >= 0.3 is 0 Å². The molecule has 4 heteroatoms. The minimum atomic E-state index is -0.177. The molecule has 0 unspecified atom stereocenters. The number of benzene rings is 1. The number of nitrogens with zero attached hydrogens (tertiary/aromatic N) is 1. The van der Waals surface area contributed by atoms with E-state index in [1.54, 1.807) is 6.92 Å². The predicted molar refractivity (Wildman–Crippen MR) is 73.8 cm³/mol. The topological polar surface area (TPSA) is 20.7 Å². The third kappa shape index (κ3) is 2.21. The van der Waals surface area contributed by atoms with Gasteiger partial charge in [0.1, 0.15) is 5.82 Å². The maximum atomic E-state index is 13.5. The molecule has 0 amide bonds. The molecule has 0 radical (unpaired) electrons. The highest BCUT2D eigenvalue weighted by Gasteiger charge is 2.20. The van der Waals surface area contributed by atoms with Crippen LogP contribution in [0, 0.1) is 23.4 Å². The Morgan fingerprint density at radius 2 is 2.22 bits per heavy atom. The normalized spacial score (nSPS) is 15.4. The number of halogens is 1. The van der Waals surface area contributed by atoms with Crippen molar-refractivity contribution in [3.05, 3.63) is 28.3 Å². The molecule has 96 valence electrons. The second-order valence-electron chi connectivity index (χ2n) is 5.29. The number of H-pyrrole nitrogens is 1. The highest BCUT2D eigenvalue weighted by Crippen LogP contribution is 2.33. The highest BCUT2D eigenvalue weighted by molar-refractivity contribution is 7.71. The lowest BCUT2D eigenvalue weighted by Crippen LogP contribution is -1.98. The van der Waals surface area contributed by atoms with E-state index in [-0.39, 0.29) is 5.82 Å². The van der Waals surface area contributed by atoms with Crippen LogP contribution in [0.15, 0.2) is 12.1 Å². The average molecular weight is 264 g/mol. The quantitative estimate of drug-likeness (QED) is 0.815. The van der Waals surface area contributed by atoms with Gasteiger partial charge in [-0.1, -0.05) is 12.8 Å². The van der Waals surface area contributed by atoms with Crippen molar-refractivity contribution in [1.29, 1.82) is 0 Å². The van der Waals surface area contributed by atoms with E-state index >= 15 is 0 Å². The fourth-order valence-corrected chi connectivity index (χ4v) is 2.75. The molecule has 0 saturated heterocycles. The zero-order chi connectivity index (χ0) is 12.7. The minimum Gasteiger partial charge on any atom is -0.330 e. The van der Waals surface area contributed by atoms with E-state index < -0.39 is 0 Å². The summed E-state index contributed by atoms with van der Waals surface area (Å²) in [6.45, 7) is 2.72. The van der Waals surface area contributed by atoms with Crippen molar-refractivity contribution in [3.63, 3.8) is 0 Å². The number of hydrogen-bond donors (Lipinski definition) is 1. The zero-order valence-electron chi connectivity index (χ0n) is 10.5. The van der Waals surface area contributed by atoms with Crippen LogP contribution in [-0.4, -0.2) is 9.55 Å². The molecule has 2 aromatic rings. The molecule has 1 aliphatic rings. The van der Waals surface area contributed by atoms with Crippen molar-refractivity contribution in [1.82, 2.24) is 9.55 Å². The summed E-state index contributed by atoms with van der Waals surface area (Å²) < 4.78 is 16.3. The molecule has 18 heavy (non-hydrogen) atoms. The van der Waals surface area contributed by atoms with Crippen molar-refractivity contribution in [3.8, 4) is 0 Å². The number of aryl methyl sites for hydroxylation is 2. The van der Waals surface area contributed by atoms with Crippen LogP contribution in [0.25, 0.3) is 11.0 Å². The van der Waals surface area contributed by atoms with Gasteiger partial charge in [-0.15, -0.1) is 0 Å². The molecule has 1 heterocycles. The summed E-state index contributed by atoms with van der Waals surface area (Å²) in [6, 6.07) is 3.42. The van der Waals surface area contributed by atoms with Crippen LogP contribution in [0.2, 0.25) is 0 Å². The van der Waals surface area contributed by atoms with Gasteiger partial charge in [-0.05, 0) is 55.6 Å². The number of nitrogens with one attached hydrogen (secondary N) is 1. The summed E-state index contributed by atoms with van der Waals surface area (Å²) in [4.78, 5) is 3.09. The fraction of sp³-hybridized carbons (Fsp3) is 0.500. The third-order valence-electron chi connectivity index (χ3n) is 3.75. The Labute approximate surface area is 111 Å². The van der Waals surface area contributed by atoms with Gasteiger partial charge in [0.2, 0.25) is 0 Å². The number of rotatable bonds is 4. The van der Waals surface area contributed by atoms with Crippen LogP contribution < -0.4 is 0 Å². The molecule has 1 aromatic heterocycles. The second-order valence-corrected chi connectivity index (χ2v) is 5.67. The minimum absolute atomic E-state index is 0.177. The number of imidazole rings is 1. The first kappa shape index (κ1) is 11.9. The van der Waals surface area contributed by atoms with Gasteiger partial charge in [-0.3, -0.25) is 0 Å². The molecule has 0 aliphatic heterocycles. The summed E-state index contributed by atoms with van der Waals surface area (Å²) in [5.41, 5.74) is 2.50. The smallest absolute Gasteiger partial charge is 0.178 e. The van der Waals surface area contributed by atoms with Gasteiger partial charge in [0.25, 0.3) is 0 Å². The molecule has 1 N–H and O–H groups in total. The van der Waals surface area contributed by atoms with Gasteiger partial charge in [0.05, 0.1) is 11.0 Å². The fourth-order valence-electron chi connectivity index (χ4n) is 2.45. The van der Waals surface area contributed by atoms with E-state index in [0.29, 0.717) is 10.3 Å². The molecular formula is C14H17FN2S. The standard InChI is InChI=1S/C14H17FN2S/c1-9-7-13-12(8-11(9)15)16-14(18)17(13)6-2-3-10-4-5-10/h7-8,10H,2-6H2,1H3,(H,16,18). The first-order valence-corrected chi connectivity index (χ1v) is 6.94. The first-order chi connectivity index (χ1) is 8.65. The zero-order valence-corrected chi connectivity index (χ0v) is 11.3. The monoisotopic (exact) mass is 264 g/mol. The average Bonchev–Trinajstić information content (AvgIpc) is 3.09. The van der Waals surface area contributed by atoms with E-state index in [1.165, 1.54) is 25.3 Å². The summed E-state index contributed by atoms with van der Waals surface area (Å²) in [6.07, 6.45) is 5.23. The number of hydrogen-bond acceptors (Lipinski definition) is 1. The van der Waals surface area contributed by atoms with Crippen LogP contribution in [0.5, 0.6) is 0 Å². The Bertz CT molecular complexity index is 637. The molecule has 0 spiro atoms. The Morgan fingerprint density at radius 1 is 1.44 bits per heavy atom. The van der Waals surface area contributed by atoms with Crippen LogP contribution in [-0.2, 0) is 6.54 Å². The number of aromatic amines is 1. The number of fused-ring (bicyclic) bond motifs is 1. The predicted octanol–water partition coefficient (Wildman–Crippen LogP) is 4.34. The molecule has 2 nitrogen and oxygen atoms in total. The van der Waals surface area contributed by atoms with Crippen LogP contribution in [0.4, 0.5) is 4.39 Å². The number of aromatic nitrogens is 2. The van der Waals surface area contributed by atoms with Crippen molar-refractivity contribution >= 4 is 23.3 Å². The molecule has 1 fully saturated rings. The maximum absolute atomic E-state index is 13.5. The van der Waals surface area contributed by atoms with Gasteiger partial charge < -0.3 is 9.55 Å². The van der Waals surface area contributed by atoms with Crippen LogP contribution in [0.3, 0.4) is 0 Å². The molecule has 1 aromatic carbocycles. The van der Waals surface area contributed by atoms with E-state index in [1.807, 2.05) is 6.07 Å². The highest BCUT2D eigenvalue weighted by atomic mass is 32.1. The first-order valence-electron chi connectivity index (χ1n) is 6.54. The molecule has 3 rings (SSSR count). The lowest BCUT2D eigenvalue weighted by molar-refractivity contribution is 0.582. The molecule has 0 atom stereocenters. The summed E-state index contributed by atoms with van der Waals surface area (Å²) in [5, 5.41) is 0. The van der Waals surface area contributed by atoms with Gasteiger partial charge in [0, 0.05) is 6.54 Å². The molecular weight excluding hydrogens is 247 g/mol. The maximum Gasteiger partial charge on any atom is 0.178 e. The summed E-state index contributed by atoms with van der Waals surface area (Å²) in [5.74, 6) is 0.771. The Morgan fingerprint density at radius 3 is 2.94 bits per heavy atom. The Hall–Kier alpha value is -1.16. The van der Waals surface area contributed by atoms with Crippen molar-refractivity contribution < 1.29 is 4.39 Å². The summed E-state index contributed by atoms with van der Waals surface area (Å²) in [7, 11) is 0. The van der Waals surface area contributed by atoms with Crippen LogP contribution in [0.1, 0.15) is 31.2 Å². The Balaban J connectivity index is 1.91. The molecule has 1 saturated carbocycles. The van der Waals surface area contributed by atoms with Gasteiger partial charge in [-0.25, -0.2) is 4.39 Å². The van der Waals surface area contributed by atoms with Crippen LogP contribution >= 0.6 is 12.2 Å².